The van der Waals surface area contributed by atoms with Crippen LogP contribution in [0.25, 0.3) is 0 Å². The molecule has 0 bridgehead atoms. The summed E-state index contributed by atoms with van der Waals surface area (Å²) in [6.07, 6.45) is -9.80. The summed E-state index contributed by atoms with van der Waals surface area (Å²) in [4.78, 5) is 20.5. The molecule has 2 atom stereocenters. The van der Waals surface area contributed by atoms with Gasteiger partial charge in [-0.15, -0.1) is 0 Å². The van der Waals surface area contributed by atoms with Crippen molar-refractivity contribution in [3.8, 4) is 0 Å². The molecule has 0 heterocycles. The molecule has 14 heavy (non-hydrogen) atoms. The molecular formula is C6H5F5O3. The van der Waals surface area contributed by atoms with Gasteiger partial charge < -0.3 is 4.74 Å². The molecule has 0 saturated heterocycles. The van der Waals surface area contributed by atoms with Crippen LogP contribution in [-0.4, -0.2) is 37.4 Å². The van der Waals surface area contributed by atoms with E-state index < -0.39 is 37.4 Å². The van der Waals surface area contributed by atoms with E-state index in [0.717, 1.165) is 0 Å². The molecular weight excluding hydrogens is 215 g/mol. The minimum Gasteiger partial charge on any atom is -0.389 e. The Labute approximate surface area is 74.8 Å². The summed E-state index contributed by atoms with van der Waals surface area (Å²) in [5.41, 5.74) is 0. The molecule has 0 saturated carbocycles. The fourth-order valence-corrected chi connectivity index (χ4v) is 0.385. The molecule has 0 amide bonds. The lowest BCUT2D eigenvalue weighted by molar-refractivity contribution is -0.170. The number of rotatable bonds is 4. The lowest BCUT2D eigenvalue weighted by Gasteiger charge is -2.06. The van der Waals surface area contributed by atoms with E-state index in [4.69, 9.17) is 0 Å². The first-order valence-electron chi connectivity index (χ1n) is 3.28. The minimum absolute atomic E-state index is 1.78. The first kappa shape index (κ1) is 12.8. The summed E-state index contributed by atoms with van der Waals surface area (Å²) in [7, 11) is 0. The Balaban J connectivity index is 4.13. The standard InChI is InChI=1S/C6H5F5O3/c7-1-2(8)5(12)14-6(13)3(9)4(10)11/h2-4H,1H2. The molecule has 0 aromatic carbocycles. The van der Waals surface area contributed by atoms with Crippen LogP contribution in [0.2, 0.25) is 0 Å². The van der Waals surface area contributed by atoms with E-state index in [-0.39, 0.29) is 0 Å². The maximum atomic E-state index is 12.1. The van der Waals surface area contributed by atoms with Crippen molar-refractivity contribution in [2.45, 2.75) is 18.8 Å². The van der Waals surface area contributed by atoms with E-state index in [2.05, 4.69) is 4.74 Å². The summed E-state index contributed by atoms with van der Waals surface area (Å²) >= 11 is 0. The highest BCUT2D eigenvalue weighted by Gasteiger charge is 2.33. The Morgan fingerprint density at radius 3 is 1.93 bits per heavy atom. The summed E-state index contributed by atoms with van der Waals surface area (Å²) in [5.74, 6) is -4.26. The Bertz CT molecular complexity index is 220. The molecule has 0 aliphatic carbocycles. The van der Waals surface area contributed by atoms with Crippen molar-refractivity contribution < 1.29 is 36.3 Å². The van der Waals surface area contributed by atoms with Crippen molar-refractivity contribution in [2.24, 2.45) is 0 Å². The maximum absolute atomic E-state index is 12.1. The predicted octanol–water partition coefficient (Wildman–Crippen LogP) is 0.967. The van der Waals surface area contributed by atoms with E-state index in [0.29, 0.717) is 0 Å². The van der Waals surface area contributed by atoms with Gasteiger partial charge in [0.25, 0.3) is 12.6 Å². The molecule has 2 unspecified atom stereocenters. The first-order chi connectivity index (χ1) is 6.40. The Morgan fingerprint density at radius 1 is 1.07 bits per heavy atom. The first-order valence-corrected chi connectivity index (χ1v) is 3.28. The lowest BCUT2D eigenvalue weighted by atomic mass is 10.4. The van der Waals surface area contributed by atoms with Gasteiger partial charge in [0.1, 0.15) is 6.67 Å². The molecule has 0 fully saturated rings. The van der Waals surface area contributed by atoms with Crippen LogP contribution in [0.3, 0.4) is 0 Å². The quantitative estimate of drug-likeness (QED) is 0.402. The van der Waals surface area contributed by atoms with Crippen LogP contribution < -0.4 is 0 Å². The highest BCUT2D eigenvalue weighted by atomic mass is 19.3. The van der Waals surface area contributed by atoms with Crippen molar-refractivity contribution >= 4 is 11.9 Å². The van der Waals surface area contributed by atoms with Crippen LogP contribution in [0.5, 0.6) is 0 Å². The highest BCUT2D eigenvalue weighted by Crippen LogP contribution is 2.08. The molecule has 3 nitrogen and oxygen atoms in total. The minimum atomic E-state index is -3.68. The van der Waals surface area contributed by atoms with Gasteiger partial charge in [-0.25, -0.2) is 31.5 Å². The average molecular weight is 220 g/mol. The Hall–Kier alpha value is -1.21. The summed E-state index contributed by atoms with van der Waals surface area (Å²) in [5, 5.41) is 0. The van der Waals surface area contributed by atoms with Gasteiger partial charge in [0.15, 0.2) is 0 Å². The molecule has 0 aliphatic heterocycles. The van der Waals surface area contributed by atoms with Crippen LogP contribution in [0.1, 0.15) is 0 Å². The second-order valence-electron chi connectivity index (χ2n) is 2.10. The second kappa shape index (κ2) is 5.51. The van der Waals surface area contributed by atoms with Gasteiger partial charge in [-0.2, -0.15) is 0 Å². The highest BCUT2D eigenvalue weighted by molar-refractivity contribution is 5.90. The molecule has 0 aromatic rings. The topological polar surface area (TPSA) is 43.4 Å². The van der Waals surface area contributed by atoms with Crippen molar-refractivity contribution in [3.63, 3.8) is 0 Å². The van der Waals surface area contributed by atoms with E-state index in [9.17, 15) is 31.5 Å². The van der Waals surface area contributed by atoms with E-state index >= 15 is 0 Å². The van der Waals surface area contributed by atoms with Crippen LogP contribution in [0, 0.1) is 0 Å². The third-order valence-electron chi connectivity index (χ3n) is 1.04. The van der Waals surface area contributed by atoms with E-state index in [1.807, 2.05) is 0 Å². The second-order valence-corrected chi connectivity index (χ2v) is 2.10. The normalized spacial score (nSPS) is 15.0. The SMILES string of the molecule is O=C(OC(=O)C(F)C(F)F)C(F)CF. The fourth-order valence-electron chi connectivity index (χ4n) is 0.385. The number of halogens is 5. The molecule has 0 spiro atoms. The summed E-state index contributed by atoms with van der Waals surface area (Å²) < 4.78 is 61.7. The van der Waals surface area contributed by atoms with Crippen LogP contribution in [0.15, 0.2) is 0 Å². The van der Waals surface area contributed by atoms with Gasteiger partial charge in [0.05, 0.1) is 0 Å². The van der Waals surface area contributed by atoms with Gasteiger partial charge in [-0.05, 0) is 0 Å². The zero-order valence-corrected chi connectivity index (χ0v) is 6.55. The molecule has 82 valence electrons. The third-order valence-corrected chi connectivity index (χ3v) is 1.04. The molecule has 0 radical (unpaired) electrons. The van der Waals surface area contributed by atoms with Crippen molar-refractivity contribution in [2.75, 3.05) is 6.67 Å². The molecule has 0 rings (SSSR count). The molecule has 0 aliphatic rings. The smallest absolute Gasteiger partial charge is 0.354 e. The summed E-state index contributed by atoms with van der Waals surface area (Å²) in [6.45, 7) is -1.78. The molecule has 0 N–H and O–H groups in total. The van der Waals surface area contributed by atoms with Crippen molar-refractivity contribution in [1.82, 2.24) is 0 Å². The number of alkyl halides is 5. The number of hydrogen-bond donors (Lipinski definition) is 0. The van der Waals surface area contributed by atoms with Gasteiger partial charge in [-0.3, -0.25) is 0 Å². The lowest BCUT2D eigenvalue weighted by Crippen LogP contribution is -2.32. The zero-order valence-electron chi connectivity index (χ0n) is 6.55. The molecule has 0 aromatic heterocycles. The molecule has 8 heteroatoms. The number of ether oxygens (including phenoxy) is 1. The van der Waals surface area contributed by atoms with Crippen molar-refractivity contribution in [1.29, 1.82) is 0 Å². The van der Waals surface area contributed by atoms with Gasteiger partial charge in [-0.1, -0.05) is 0 Å². The summed E-state index contributed by atoms with van der Waals surface area (Å²) in [6, 6.07) is 0. The number of carbonyl (C=O) groups is 2. The number of esters is 2. The van der Waals surface area contributed by atoms with Gasteiger partial charge >= 0.3 is 11.9 Å². The third kappa shape index (κ3) is 3.67. The fraction of sp³-hybridized carbons (Fsp3) is 0.667. The largest absolute Gasteiger partial charge is 0.389 e. The van der Waals surface area contributed by atoms with Crippen molar-refractivity contribution in [3.05, 3.63) is 0 Å². The van der Waals surface area contributed by atoms with Crippen LogP contribution in [-0.2, 0) is 14.3 Å². The zero-order chi connectivity index (χ0) is 11.3. The number of carbonyl (C=O) groups excluding carboxylic acids is 2. The predicted molar refractivity (Wildman–Crippen MR) is 32.9 cm³/mol. The maximum Gasteiger partial charge on any atom is 0.354 e. The Kier molecular flexibility index (Phi) is 5.03. The van der Waals surface area contributed by atoms with Gasteiger partial charge in [0.2, 0.25) is 6.17 Å². The van der Waals surface area contributed by atoms with Crippen LogP contribution in [0.4, 0.5) is 22.0 Å². The Morgan fingerprint density at radius 2 is 1.57 bits per heavy atom. The van der Waals surface area contributed by atoms with Crippen LogP contribution >= 0.6 is 0 Å². The van der Waals surface area contributed by atoms with Gasteiger partial charge in [0, 0.05) is 0 Å². The van der Waals surface area contributed by atoms with E-state index in [1.54, 1.807) is 0 Å². The number of hydrogen-bond acceptors (Lipinski definition) is 3. The van der Waals surface area contributed by atoms with E-state index in [1.165, 1.54) is 0 Å². The average Bonchev–Trinajstić information content (AvgIpc) is 2.14. The monoisotopic (exact) mass is 220 g/mol.